The van der Waals surface area contributed by atoms with E-state index in [1.807, 2.05) is 63.2 Å². The van der Waals surface area contributed by atoms with E-state index in [9.17, 15) is 4.79 Å². The fourth-order valence-electron chi connectivity index (χ4n) is 1.88. The van der Waals surface area contributed by atoms with Crippen LogP contribution in [0.25, 0.3) is 0 Å². The van der Waals surface area contributed by atoms with Gasteiger partial charge in [0, 0.05) is 5.56 Å². The van der Waals surface area contributed by atoms with Crippen LogP contribution in [-0.4, -0.2) is 11.6 Å². The third-order valence-corrected chi connectivity index (χ3v) is 3.18. The van der Waals surface area contributed by atoms with Gasteiger partial charge in [-0.1, -0.05) is 48.0 Å². The van der Waals surface area contributed by atoms with Gasteiger partial charge in [-0.05, 0) is 38.0 Å². The highest BCUT2D eigenvalue weighted by atomic mass is 16.2. The number of hydrogen-bond acceptors (Lipinski definition) is 2. The number of nitrogens with zero attached hydrogens (tertiary/aromatic N) is 1. The van der Waals surface area contributed by atoms with Gasteiger partial charge in [0.05, 0.1) is 5.71 Å². The highest BCUT2D eigenvalue weighted by Gasteiger charge is 2.07. The highest BCUT2D eigenvalue weighted by Crippen LogP contribution is 2.07. The van der Waals surface area contributed by atoms with Gasteiger partial charge in [-0.3, -0.25) is 4.79 Å². The maximum Gasteiger partial charge on any atom is 0.271 e. The van der Waals surface area contributed by atoms with Crippen molar-refractivity contribution in [1.29, 1.82) is 0 Å². The molecule has 0 aliphatic rings. The third kappa shape index (κ3) is 3.32. The fraction of sp³-hybridized carbons (Fsp3) is 0.176. The van der Waals surface area contributed by atoms with E-state index >= 15 is 0 Å². The Labute approximate surface area is 119 Å². The Bertz CT molecular complexity index is 642. The molecule has 3 heteroatoms. The zero-order chi connectivity index (χ0) is 14.5. The molecule has 0 saturated carbocycles. The first-order chi connectivity index (χ1) is 9.58. The number of carbonyl (C=O) groups excluding carboxylic acids is 1. The highest BCUT2D eigenvalue weighted by molar-refractivity contribution is 6.01. The van der Waals surface area contributed by atoms with Crippen LogP contribution in [0.3, 0.4) is 0 Å². The second-order valence-corrected chi connectivity index (χ2v) is 4.82. The van der Waals surface area contributed by atoms with E-state index in [1.165, 1.54) is 5.56 Å². The van der Waals surface area contributed by atoms with Gasteiger partial charge in [0.25, 0.3) is 5.91 Å². The van der Waals surface area contributed by atoms with Gasteiger partial charge in [0.15, 0.2) is 0 Å². The predicted molar refractivity (Wildman–Crippen MR) is 82.0 cm³/mol. The van der Waals surface area contributed by atoms with Crippen LogP contribution in [0.1, 0.15) is 34.0 Å². The molecule has 1 amide bonds. The molecule has 0 bridgehead atoms. The van der Waals surface area contributed by atoms with Crippen LogP contribution in [0.15, 0.2) is 53.6 Å². The summed E-state index contributed by atoms with van der Waals surface area (Å²) in [5.74, 6) is -0.186. The first kappa shape index (κ1) is 14.0. The summed E-state index contributed by atoms with van der Waals surface area (Å²) in [6.45, 7) is 5.82. The van der Waals surface area contributed by atoms with Gasteiger partial charge < -0.3 is 0 Å². The van der Waals surface area contributed by atoms with Crippen LogP contribution in [0.2, 0.25) is 0 Å². The van der Waals surface area contributed by atoms with Crippen molar-refractivity contribution < 1.29 is 4.79 Å². The summed E-state index contributed by atoms with van der Waals surface area (Å²) in [7, 11) is 0. The van der Waals surface area contributed by atoms with Crippen molar-refractivity contribution in [3.05, 3.63) is 70.8 Å². The molecule has 2 aromatic carbocycles. The summed E-state index contributed by atoms with van der Waals surface area (Å²) in [6, 6.07) is 15.5. The summed E-state index contributed by atoms with van der Waals surface area (Å²) in [6.07, 6.45) is 0. The number of amides is 1. The van der Waals surface area contributed by atoms with E-state index in [0.29, 0.717) is 5.56 Å². The normalized spacial score (nSPS) is 11.2. The fourth-order valence-corrected chi connectivity index (χ4v) is 1.88. The molecule has 0 spiro atoms. The maximum atomic E-state index is 12.0. The SMILES string of the molecule is C/C(=N/NC(=O)c1ccccc1C)c1ccc(C)cc1. The van der Waals surface area contributed by atoms with E-state index in [-0.39, 0.29) is 5.91 Å². The molecule has 0 aromatic heterocycles. The van der Waals surface area contributed by atoms with Crippen LogP contribution in [0, 0.1) is 13.8 Å². The smallest absolute Gasteiger partial charge is 0.267 e. The summed E-state index contributed by atoms with van der Waals surface area (Å²) in [5.41, 5.74) is 7.17. The Kier molecular flexibility index (Phi) is 4.31. The molecule has 0 atom stereocenters. The van der Waals surface area contributed by atoms with Crippen molar-refractivity contribution in [1.82, 2.24) is 5.43 Å². The largest absolute Gasteiger partial charge is 0.271 e. The zero-order valence-electron chi connectivity index (χ0n) is 12.0. The molecule has 102 valence electrons. The van der Waals surface area contributed by atoms with Gasteiger partial charge in [-0.15, -0.1) is 0 Å². The predicted octanol–water partition coefficient (Wildman–Crippen LogP) is 3.46. The van der Waals surface area contributed by atoms with Crippen molar-refractivity contribution in [3.8, 4) is 0 Å². The van der Waals surface area contributed by atoms with Gasteiger partial charge in [-0.25, -0.2) is 5.43 Å². The standard InChI is InChI=1S/C17H18N2O/c1-12-8-10-15(11-9-12)14(3)18-19-17(20)16-7-5-4-6-13(16)2/h4-11H,1-3H3,(H,19,20)/b18-14-. The molecule has 0 fully saturated rings. The van der Waals surface area contributed by atoms with Crippen molar-refractivity contribution in [3.63, 3.8) is 0 Å². The molecule has 0 heterocycles. The average molecular weight is 266 g/mol. The van der Waals surface area contributed by atoms with E-state index in [1.54, 1.807) is 6.07 Å². The lowest BCUT2D eigenvalue weighted by Crippen LogP contribution is -2.20. The second-order valence-electron chi connectivity index (χ2n) is 4.82. The lowest BCUT2D eigenvalue weighted by Gasteiger charge is -2.05. The lowest BCUT2D eigenvalue weighted by molar-refractivity contribution is 0.0954. The number of hydrazone groups is 1. The molecule has 1 N–H and O–H groups in total. The minimum Gasteiger partial charge on any atom is -0.267 e. The van der Waals surface area contributed by atoms with Crippen LogP contribution in [0.4, 0.5) is 0 Å². The minimum atomic E-state index is -0.186. The minimum absolute atomic E-state index is 0.186. The van der Waals surface area contributed by atoms with Crippen molar-refractivity contribution >= 4 is 11.6 Å². The Morgan fingerprint density at radius 3 is 2.30 bits per heavy atom. The number of rotatable bonds is 3. The van der Waals surface area contributed by atoms with E-state index in [0.717, 1.165) is 16.8 Å². The summed E-state index contributed by atoms with van der Waals surface area (Å²) in [4.78, 5) is 12.0. The second kappa shape index (κ2) is 6.15. The van der Waals surface area contributed by atoms with Crippen LogP contribution >= 0.6 is 0 Å². The van der Waals surface area contributed by atoms with Crippen LogP contribution < -0.4 is 5.43 Å². The number of aryl methyl sites for hydroxylation is 2. The maximum absolute atomic E-state index is 12.0. The first-order valence-electron chi connectivity index (χ1n) is 6.55. The molecular formula is C17H18N2O. The van der Waals surface area contributed by atoms with E-state index < -0.39 is 0 Å². The molecule has 2 aromatic rings. The Morgan fingerprint density at radius 2 is 1.65 bits per heavy atom. The van der Waals surface area contributed by atoms with Crippen LogP contribution in [-0.2, 0) is 0 Å². The Balaban J connectivity index is 2.11. The molecular weight excluding hydrogens is 248 g/mol. The summed E-state index contributed by atoms with van der Waals surface area (Å²) >= 11 is 0. The Hall–Kier alpha value is -2.42. The Morgan fingerprint density at radius 1 is 1.00 bits per heavy atom. The van der Waals surface area contributed by atoms with Gasteiger partial charge in [0.1, 0.15) is 0 Å². The first-order valence-corrected chi connectivity index (χ1v) is 6.55. The lowest BCUT2D eigenvalue weighted by atomic mass is 10.1. The topological polar surface area (TPSA) is 41.5 Å². The number of benzene rings is 2. The molecule has 20 heavy (non-hydrogen) atoms. The van der Waals surface area contributed by atoms with Crippen molar-refractivity contribution in [2.45, 2.75) is 20.8 Å². The molecule has 0 aliphatic carbocycles. The molecule has 2 rings (SSSR count). The van der Waals surface area contributed by atoms with Crippen molar-refractivity contribution in [2.75, 3.05) is 0 Å². The molecule has 3 nitrogen and oxygen atoms in total. The number of nitrogens with one attached hydrogen (secondary N) is 1. The quantitative estimate of drug-likeness (QED) is 0.671. The van der Waals surface area contributed by atoms with E-state index in [4.69, 9.17) is 0 Å². The number of carbonyl (C=O) groups is 1. The molecule has 0 aliphatic heterocycles. The van der Waals surface area contributed by atoms with E-state index in [2.05, 4.69) is 10.5 Å². The third-order valence-electron chi connectivity index (χ3n) is 3.18. The average Bonchev–Trinajstić information content (AvgIpc) is 2.45. The number of hydrogen-bond donors (Lipinski definition) is 1. The monoisotopic (exact) mass is 266 g/mol. The summed E-state index contributed by atoms with van der Waals surface area (Å²) < 4.78 is 0. The van der Waals surface area contributed by atoms with Crippen LogP contribution in [0.5, 0.6) is 0 Å². The summed E-state index contributed by atoms with van der Waals surface area (Å²) in [5, 5.41) is 4.16. The zero-order valence-corrected chi connectivity index (χ0v) is 12.0. The van der Waals surface area contributed by atoms with Crippen molar-refractivity contribution in [2.24, 2.45) is 5.10 Å². The van der Waals surface area contributed by atoms with Gasteiger partial charge in [0.2, 0.25) is 0 Å². The molecule has 0 unspecified atom stereocenters. The van der Waals surface area contributed by atoms with Gasteiger partial charge >= 0.3 is 0 Å². The molecule has 0 saturated heterocycles. The van der Waals surface area contributed by atoms with Gasteiger partial charge in [-0.2, -0.15) is 5.10 Å². The molecule has 0 radical (unpaired) electrons.